The van der Waals surface area contributed by atoms with Gasteiger partial charge in [-0.15, -0.1) is 0 Å². The molecule has 2 nitrogen and oxygen atoms in total. The number of rotatable bonds is 2. The second-order valence-corrected chi connectivity index (χ2v) is 6.38. The summed E-state index contributed by atoms with van der Waals surface area (Å²) in [5.74, 6) is 0.353. The lowest BCUT2D eigenvalue weighted by Gasteiger charge is -2.31. The lowest BCUT2D eigenvalue weighted by Crippen LogP contribution is -2.24. The van der Waals surface area contributed by atoms with Crippen LogP contribution in [0.2, 0.25) is 0 Å². The van der Waals surface area contributed by atoms with E-state index in [1.807, 2.05) is 18.3 Å². The van der Waals surface area contributed by atoms with Gasteiger partial charge in [-0.1, -0.05) is 38.5 Å². The minimum absolute atomic E-state index is 0.231. The SMILES string of the molecule is CC1(C)CCCC1C(O)c1cccc2cnccc12. The minimum atomic E-state index is -0.372. The van der Waals surface area contributed by atoms with E-state index in [9.17, 15) is 5.11 Å². The summed E-state index contributed by atoms with van der Waals surface area (Å²) >= 11 is 0. The molecule has 1 heterocycles. The van der Waals surface area contributed by atoms with Gasteiger partial charge in [-0.2, -0.15) is 0 Å². The summed E-state index contributed by atoms with van der Waals surface area (Å²) in [7, 11) is 0. The zero-order valence-corrected chi connectivity index (χ0v) is 11.6. The van der Waals surface area contributed by atoms with Crippen molar-refractivity contribution < 1.29 is 5.11 Å². The first-order valence-corrected chi connectivity index (χ1v) is 7.10. The summed E-state index contributed by atoms with van der Waals surface area (Å²) in [5.41, 5.74) is 1.29. The fourth-order valence-electron chi connectivity index (χ4n) is 3.56. The highest BCUT2D eigenvalue weighted by molar-refractivity contribution is 5.85. The van der Waals surface area contributed by atoms with E-state index in [0.717, 1.165) is 22.8 Å². The predicted octanol–water partition coefficient (Wildman–Crippen LogP) is 4.09. The molecule has 1 aromatic heterocycles. The van der Waals surface area contributed by atoms with Gasteiger partial charge in [-0.05, 0) is 41.2 Å². The molecule has 2 unspecified atom stereocenters. The van der Waals surface area contributed by atoms with Gasteiger partial charge in [0.15, 0.2) is 0 Å². The number of aliphatic hydroxyl groups excluding tert-OH is 1. The smallest absolute Gasteiger partial charge is 0.0829 e. The molecule has 0 bridgehead atoms. The molecule has 1 aliphatic carbocycles. The molecule has 0 radical (unpaired) electrons. The summed E-state index contributed by atoms with van der Waals surface area (Å²) < 4.78 is 0. The molecule has 1 aliphatic rings. The molecular formula is C17H21NO. The van der Waals surface area contributed by atoms with Crippen LogP contribution in [0.15, 0.2) is 36.7 Å². The van der Waals surface area contributed by atoms with E-state index in [0.29, 0.717) is 5.92 Å². The number of hydrogen-bond donors (Lipinski definition) is 1. The first-order valence-electron chi connectivity index (χ1n) is 7.10. The largest absolute Gasteiger partial charge is 0.388 e. The van der Waals surface area contributed by atoms with E-state index in [-0.39, 0.29) is 11.5 Å². The normalized spacial score (nSPS) is 23.6. The molecule has 2 aromatic rings. The third-order valence-corrected chi connectivity index (χ3v) is 4.75. The molecule has 0 amide bonds. The van der Waals surface area contributed by atoms with E-state index in [1.165, 1.54) is 12.8 Å². The fourth-order valence-corrected chi connectivity index (χ4v) is 3.56. The van der Waals surface area contributed by atoms with Gasteiger partial charge in [0, 0.05) is 17.8 Å². The Kier molecular flexibility index (Phi) is 3.06. The first kappa shape index (κ1) is 12.6. The third-order valence-electron chi connectivity index (χ3n) is 4.75. The van der Waals surface area contributed by atoms with Gasteiger partial charge in [0.2, 0.25) is 0 Å². The van der Waals surface area contributed by atoms with Crippen LogP contribution < -0.4 is 0 Å². The third kappa shape index (κ3) is 2.14. The number of pyridine rings is 1. The van der Waals surface area contributed by atoms with E-state index >= 15 is 0 Å². The molecule has 1 aromatic carbocycles. The number of aliphatic hydroxyl groups is 1. The highest BCUT2D eigenvalue weighted by atomic mass is 16.3. The molecule has 1 fully saturated rings. The van der Waals surface area contributed by atoms with E-state index < -0.39 is 0 Å². The number of aromatic nitrogens is 1. The molecular weight excluding hydrogens is 234 g/mol. The molecule has 3 rings (SSSR count). The highest BCUT2D eigenvalue weighted by Crippen LogP contribution is 2.49. The van der Waals surface area contributed by atoms with Crippen molar-refractivity contribution in [1.82, 2.24) is 4.98 Å². The Hall–Kier alpha value is -1.41. The lowest BCUT2D eigenvalue weighted by atomic mass is 9.76. The van der Waals surface area contributed by atoms with Crippen LogP contribution in [0.5, 0.6) is 0 Å². The average molecular weight is 255 g/mol. The maximum atomic E-state index is 10.8. The van der Waals surface area contributed by atoms with Gasteiger partial charge in [0.05, 0.1) is 6.10 Å². The van der Waals surface area contributed by atoms with Gasteiger partial charge in [-0.25, -0.2) is 0 Å². The Bertz CT molecular complexity index is 585. The first-order chi connectivity index (χ1) is 9.09. The number of fused-ring (bicyclic) bond motifs is 1. The Morgan fingerprint density at radius 1 is 1.32 bits per heavy atom. The Labute approximate surface area is 114 Å². The van der Waals surface area contributed by atoms with Gasteiger partial charge >= 0.3 is 0 Å². The van der Waals surface area contributed by atoms with Gasteiger partial charge in [-0.3, -0.25) is 4.98 Å². The van der Waals surface area contributed by atoms with Crippen molar-refractivity contribution in [3.05, 3.63) is 42.2 Å². The topological polar surface area (TPSA) is 33.1 Å². The van der Waals surface area contributed by atoms with Gasteiger partial charge < -0.3 is 5.11 Å². The van der Waals surface area contributed by atoms with Crippen molar-refractivity contribution in [2.24, 2.45) is 11.3 Å². The summed E-state index contributed by atoms with van der Waals surface area (Å²) in [4.78, 5) is 4.16. The maximum absolute atomic E-state index is 10.8. The van der Waals surface area contributed by atoms with Crippen LogP contribution in [0.4, 0.5) is 0 Å². The molecule has 19 heavy (non-hydrogen) atoms. The Balaban J connectivity index is 2.04. The Morgan fingerprint density at radius 2 is 2.16 bits per heavy atom. The number of benzene rings is 1. The van der Waals surface area contributed by atoms with E-state index in [4.69, 9.17) is 0 Å². The monoisotopic (exact) mass is 255 g/mol. The fraction of sp³-hybridized carbons (Fsp3) is 0.471. The second kappa shape index (κ2) is 4.61. The molecule has 2 atom stereocenters. The average Bonchev–Trinajstić information content (AvgIpc) is 2.77. The molecule has 1 saturated carbocycles. The van der Waals surface area contributed by atoms with Crippen LogP contribution in [0.3, 0.4) is 0 Å². The quantitative estimate of drug-likeness (QED) is 0.876. The standard InChI is InChI=1S/C17H21NO/c1-17(2)9-4-7-15(17)16(19)14-6-3-5-12-11-18-10-8-13(12)14/h3,5-6,8,10-11,15-16,19H,4,7,9H2,1-2H3. The summed E-state index contributed by atoms with van der Waals surface area (Å²) in [5, 5.41) is 13.1. The van der Waals surface area contributed by atoms with Crippen molar-refractivity contribution in [1.29, 1.82) is 0 Å². The predicted molar refractivity (Wildman–Crippen MR) is 77.8 cm³/mol. The van der Waals surface area contributed by atoms with Gasteiger partial charge in [0.25, 0.3) is 0 Å². The van der Waals surface area contributed by atoms with Crippen molar-refractivity contribution in [3.63, 3.8) is 0 Å². The molecule has 0 saturated heterocycles. The van der Waals surface area contributed by atoms with Crippen molar-refractivity contribution >= 4 is 10.8 Å². The molecule has 100 valence electrons. The summed E-state index contributed by atoms with van der Waals surface area (Å²) in [6, 6.07) is 8.14. The zero-order valence-electron chi connectivity index (χ0n) is 11.6. The van der Waals surface area contributed by atoms with Gasteiger partial charge in [0.1, 0.15) is 0 Å². The van der Waals surface area contributed by atoms with Crippen LogP contribution in [-0.2, 0) is 0 Å². The number of hydrogen-bond acceptors (Lipinski definition) is 2. The van der Waals surface area contributed by atoms with Crippen LogP contribution in [0, 0.1) is 11.3 Å². The van der Waals surface area contributed by atoms with Crippen molar-refractivity contribution in [2.45, 2.75) is 39.2 Å². The van der Waals surface area contributed by atoms with Crippen LogP contribution in [0.1, 0.15) is 44.8 Å². The second-order valence-electron chi connectivity index (χ2n) is 6.38. The molecule has 0 aliphatic heterocycles. The van der Waals surface area contributed by atoms with Crippen molar-refractivity contribution in [3.8, 4) is 0 Å². The van der Waals surface area contributed by atoms with Crippen LogP contribution >= 0.6 is 0 Å². The minimum Gasteiger partial charge on any atom is -0.388 e. The van der Waals surface area contributed by atoms with E-state index in [2.05, 4.69) is 31.0 Å². The zero-order chi connectivity index (χ0) is 13.5. The summed E-state index contributed by atoms with van der Waals surface area (Å²) in [6.45, 7) is 4.56. The van der Waals surface area contributed by atoms with Crippen LogP contribution in [0.25, 0.3) is 10.8 Å². The Morgan fingerprint density at radius 3 is 2.89 bits per heavy atom. The number of nitrogens with zero attached hydrogens (tertiary/aromatic N) is 1. The lowest BCUT2D eigenvalue weighted by molar-refractivity contribution is 0.0542. The highest BCUT2D eigenvalue weighted by Gasteiger charge is 2.39. The summed E-state index contributed by atoms with van der Waals surface area (Å²) in [6.07, 6.45) is 6.85. The maximum Gasteiger partial charge on any atom is 0.0829 e. The van der Waals surface area contributed by atoms with E-state index in [1.54, 1.807) is 6.20 Å². The van der Waals surface area contributed by atoms with Crippen molar-refractivity contribution in [2.75, 3.05) is 0 Å². The molecule has 2 heteroatoms. The molecule has 0 spiro atoms. The molecule has 1 N–H and O–H groups in total. The van der Waals surface area contributed by atoms with Crippen LogP contribution in [-0.4, -0.2) is 10.1 Å².